The van der Waals surface area contributed by atoms with Gasteiger partial charge in [0.25, 0.3) is 0 Å². The summed E-state index contributed by atoms with van der Waals surface area (Å²) < 4.78 is 20.4. The first kappa shape index (κ1) is 28.6. The fraction of sp³-hybridized carbons (Fsp3) is 0.652. The molecule has 34 heavy (non-hydrogen) atoms. The smallest absolute Gasteiger partial charge is 0.410 e. The van der Waals surface area contributed by atoms with E-state index in [1.807, 2.05) is 53.5 Å². The van der Waals surface area contributed by atoms with Gasteiger partial charge in [-0.25, -0.2) is 9.18 Å². The van der Waals surface area contributed by atoms with Crippen LogP contribution in [0.5, 0.6) is 0 Å². The number of allylic oxidation sites excluding steroid dienone is 1. The van der Waals surface area contributed by atoms with Crippen LogP contribution in [0.25, 0.3) is 0 Å². The van der Waals surface area contributed by atoms with Crippen LogP contribution >= 0.6 is 35.6 Å². The largest absolute Gasteiger partial charge is 0.444 e. The quantitative estimate of drug-likeness (QED) is 0.263. The van der Waals surface area contributed by atoms with Crippen molar-refractivity contribution in [2.75, 3.05) is 50.1 Å². The molecule has 1 saturated heterocycles. The molecule has 0 aliphatic carbocycles. The van der Waals surface area contributed by atoms with E-state index in [0.717, 1.165) is 10.0 Å². The second-order valence-corrected chi connectivity index (χ2v) is 11.4. The average Bonchev–Trinajstić information content (AvgIpc) is 3.04. The molecule has 1 amide bonds. The molecule has 0 bridgehead atoms. The zero-order valence-corrected chi connectivity index (χ0v) is 23.8. The number of hydrogen-bond acceptors (Lipinski definition) is 8. The molecule has 0 saturated carbocycles. The molecule has 0 atom stereocenters. The summed E-state index contributed by atoms with van der Waals surface area (Å²) in [7, 11) is 3.53. The molecule has 1 aliphatic heterocycles. The van der Waals surface area contributed by atoms with Gasteiger partial charge in [0.05, 0.1) is 15.5 Å². The summed E-state index contributed by atoms with van der Waals surface area (Å²) in [6.07, 6.45) is 1.78. The zero-order chi connectivity index (χ0) is 25.8. The van der Waals surface area contributed by atoms with Gasteiger partial charge in [-0.15, -0.1) is 12.6 Å². The van der Waals surface area contributed by atoms with Gasteiger partial charge in [0.15, 0.2) is 0 Å². The van der Waals surface area contributed by atoms with Crippen molar-refractivity contribution < 1.29 is 13.9 Å². The van der Waals surface area contributed by atoms with Gasteiger partial charge in [0.2, 0.25) is 0 Å². The molecule has 0 radical (unpaired) electrons. The molecular weight excluding hydrogens is 497 g/mol. The average molecular weight is 534 g/mol. The Kier molecular flexibility index (Phi) is 9.58. The highest BCUT2D eigenvalue weighted by Gasteiger charge is 2.36. The predicted octanol–water partition coefficient (Wildman–Crippen LogP) is 5.80. The first-order valence-corrected chi connectivity index (χ1v) is 13.0. The molecule has 1 aromatic rings. The Morgan fingerprint density at radius 3 is 2.38 bits per heavy atom. The van der Waals surface area contributed by atoms with E-state index in [-0.39, 0.29) is 11.9 Å². The van der Waals surface area contributed by atoms with Crippen molar-refractivity contribution in [3.8, 4) is 0 Å². The van der Waals surface area contributed by atoms with Crippen molar-refractivity contribution in [1.82, 2.24) is 10.3 Å². The third kappa shape index (κ3) is 6.51. The maximum Gasteiger partial charge on any atom is 0.410 e. The molecule has 192 valence electrons. The summed E-state index contributed by atoms with van der Waals surface area (Å²) in [6.45, 7) is 13.6. The van der Waals surface area contributed by atoms with Crippen LogP contribution in [0.15, 0.2) is 21.9 Å². The van der Waals surface area contributed by atoms with Gasteiger partial charge in [-0.2, -0.15) is 5.10 Å². The number of carbonyl (C=O) groups excluding carboxylic acids is 1. The lowest BCUT2D eigenvalue weighted by Crippen LogP contribution is -2.50. The second kappa shape index (κ2) is 11.4. The van der Waals surface area contributed by atoms with Gasteiger partial charge < -0.3 is 24.9 Å². The maximum atomic E-state index is 14.9. The number of rotatable bonds is 7. The SMILES string of the molecule is CC/C=C(F)\C(=N\NC)C(C)(C)N(C)c1sc(N2CCN(C(=O)OC(C)(C)C)CC2)c(Cl)c1S. The lowest BCUT2D eigenvalue weighted by atomic mass is 9.95. The molecule has 7 nitrogen and oxygen atoms in total. The number of carbonyl (C=O) groups is 1. The van der Waals surface area contributed by atoms with Gasteiger partial charge >= 0.3 is 6.09 Å². The fourth-order valence-corrected chi connectivity index (χ4v) is 5.61. The molecule has 1 aliphatic rings. The van der Waals surface area contributed by atoms with E-state index in [1.54, 1.807) is 11.9 Å². The van der Waals surface area contributed by atoms with Crippen LogP contribution in [0, 0.1) is 0 Å². The molecule has 2 rings (SSSR count). The number of ether oxygens (including phenoxy) is 1. The molecule has 11 heteroatoms. The predicted molar refractivity (Wildman–Crippen MR) is 145 cm³/mol. The Hall–Kier alpha value is -1.65. The van der Waals surface area contributed by atoms with E-state index in [0.29, 0.717) is 48.2 Å². The summed E-state index contributed by atoms with van der Waals surface area (Å²) in [5.41, 5.74) is 1.70. The van der Waals surface area contributed by atoms with Crippen LogP contribution in [-0.4, -0.2) is 68.1 Å². The van der Waals surface area contributed by atoms with Crippen LogP contribution < -0.4 is 15.2 Å². The van der Waals surface area contributed by atoms with Crippen LogP contribution in [0.3, 0.4) is 0 Å². The van der Waals surface area contributed by atoms with Gasteiger partial charge in [-0.05, 0) is 47.1 Å². The summed E-state index contributed by atoms with van der Waals surface area (Å²) >= 11 is 12.9. The van der Waals surface area contributed by atoms with E-state index in [2.05, 4.69) is 15.4 Å². The number of piperazine rings is 1. The van der Waals surface area contributed by atoms with Crippen LogP contribution in [0.2, 0.25) is 5.02 Å². The van der Waals surface area contributed by atoms with E-state index >= 15 is 0 Å². The fourth-order valence-electron chi connectivity index (χ4n) is 3.51. The minimum absolute atomic E-state index is 0.295. The number of thiol groups is 1. The topological polar surface area (TPSA) is 60.4 Å². The van der Waals surface area contributed by atoms with Crippen molar-refractivity contribution in [2.45, 2.75) is 64.0 Å². The van der Waals surface area contributed by atoms with E-state index in [1.165, 1.54) is 17.4 Å². The van der Waals surface area contributed by atoms with Crippen LogP contribution in [0.4, 0.5) is 19.2 Å². The number of anilines is 2. The number of amides is 1. The minimum Gasteiger partial charge on any atom is -0.444 e. The normalized spacial score (nSPS) is 16.1. The lowest BCUT2D eigenvalue weighted by molar-refractivity contribution is 0.0241. The number of nitrogens with zero attached hydrogens (tertiary/aromatic N) is 4. The van der Waals surface area contributed by atoms with Crippen LogP contribution in [-0.2, 0) is 4.74 Å². The Morgan fingerprint density at radius 1 is 1.29 bits per heavy atom. The van der Waals surface area contributed by atoms with E-state index < -0.39 is 11.1 Å². The molecule has 0 spiro atoms. The lowest BCUT2D eigenvalue weighted by Gasteiger charge is -2.37. The third-order valence-corrected chi connectivity index (χ3v) is 8.09. The maximum absolute atomic E-state index is 14.9. The minimum atomic E-state index is -0.781. The number of thiophene rings is 1. The Morgan fingerprint density at radius 2 is 1.88 bits per heavy atom. The number of halogens is 2. The van der Waals surface area contributed by atoms with E-state index in [4.69, 9.17) is 29.0 Å². The van der Waals surface area contributed by atoms with Gasteiger partial charge in [-0.3, -0.25) is 0 Å². The molecule has 1 aromatic heterocycles. The van der Waals surface area contributed by atoms with Crippen molar-refractivity contribution in [3.05, 3.63) is 16.9 Å². The Balaban J connectivity index is 2.25. The highest BCUT2D eigenvalue weighted by Crippen LogP contribution is 2.49. The van der Waals surface area contributed by atoms with Gasteiger partial charge in [0, 0.05) is 40.3 Å². The van der Waals surface area contributed by atoms with Crippen molar-refractivity contribution >= 4 is 57.4 Å². The summed E-state index contributed by atoms with van der Waals surface area (Å²) in [5.74, 6) is -0.365. The molecule has 0 aromatic carbocycles. The number of hydrogen-bond donors (Lipinski definition) is 2. The highest BCUT2D eigenvalue weighted by molar-refractivity contribution is 7.81. The van der Waals surface area contributed by atoms with Crippen LogP contribution in [0.1, 0.15) is 48.0 Å². The summed E-state index contributed by atoms with van der Waals surface area (Å²) in [4.78, 5) is 18.8. The first-order valence-electron chi connectivity index (χ1n) is 11.3. The standard InChI is InChI=1S/C23H37ClFN5O2S2/c1-9-10-15(25)18(27-26-7)23(5,6)28(8)20-17(33)16(24)19(34-20)29-11-13-30(14-12-29)21(31)32-22(2,3)4/h10,26,33H,9,11-14H2,1-8H3/b15-10+,27-18-. The molecular formula is C23H37ClFN5O2S2. The molecule has 0 unspecified atom stereocenters. The van der Waals surface area contributed by atoms with E-state index in [9.17, 15) is 9.18 Å². The molecule has 1 N–H and O–H groups in total. The summed E-state index contributed by atoms with van der Waals surface area (Å²) in [5, 5.41) is 6.47. The summed E-state index contributed by atoms with van der Waals surface area (Å²) in [6, 6.07) is 0. The van der Waals surface area contributed by atoms with Crippen molar-refractivity contribution in [3.63, 3.8) is 0 Å². The third-order valence-electron chi connectivity index (χ3n) is 5.57. The van der Waals surface area contributed by atoms with Crippen molar-refractivity contribution in [2.24, 2.45) is 5.10 Å². The monoisotopic (exact) mass is 533 g/mol. The zero-order valence-electron chi connectivity index (χ0n) is 21.3. The van der Waals surface area contributed by atoms with Gasteiger partial charge in [-0.1, -0.05) is 29.9 Å². The van der Waals surface area contributed by atoms with Gasteiger partial charge in [0.1, 0.15) is 27.1 Å². The number of nitrogens with one attached hydrogen (secondary N) is 1. The molecule has 2 heterocycles. The highest BCUT2D eigenvalue weighted by atomic mass is 35.5. The second-order valence-electron chi connectivity index (χ2n) is 9.59. The molecule has 1 fully saturated rings. The number of hydrazone groups is 1. The first-order chi connectivity index (χ1) is 15.7. The Bertz CT molecular complexity index is 935. The Labute approximate surface area is 217 Å². The van der Waals surface area contributed by atoms with Crippen molar-refractivity contribution in [1.29, 1.82) is 0 Å².